The third-order valence-electron chi connectivity index (χ3n) is 6.35. The summed E-state index contributed by atoms with van der Waals surface area (Å²) in [7, 11) is 0. The molecule has 0 radical (unpaired) electrons. The van der Waals surface area contributed by atoms with E-state index in [-0.39, 0.29) is 17.5 Å². The molecule has 2 heterocycles. The highest BCUT2D eigenvalue weighted by atomic mass is 16.5. The van der Waals surface area contributed by atoms with E-state index in [2.05, 4.69) is 5.32 Å². The molecule has 6 heteroatoms. The Hall–Kier alpha value is -3.90. The van der Waals surface area contributed by atoms with Gasteiger partial charge in [-0.1, -0.05) is 42.5 Å². The number of rotatable bonds is 6. The highest BCUT2D eigenvalue weighted by Crippen LogP contribution is 2.24. The smallest absolute Gasteiger partial charge is 0.251 e. The van der Waals surface area contributed by atoms with E-state index in [1.54, 1.807) is 10.6 Å². The predicted molar refractivity (Wildman–Crippen MR) is 137 cm³/mol. The van der Waals surface area contributed by atoms with Crippen molar-refractivity contribution in [1.82, 2.24) is 9.88 Å². The third-order valence-corrected chi connectivity index (χ3v) is 6.35. The number of nitrogens with zero attached hydrogens (tertiary/aromatic N) is 1. The zero-order valence-corrected chi connectivity index (χ0v) is 19.0. The molecule has 34 heavy (non-hydrogen) atoms. The molecule has 0 aliphatic carbocycles. The van der Waals surface area contributed by atoms with Crippen LogP contribution in [0, 0.1) is 5.41 Å². The second kappa shape index (κ2) is 9.53. The maximum atomic E-state index is 12.7. The third kappa shape index (κ3) is 4.72. The number of amidine groups is 1. The largest absolute Gasteiger partial charge is 0.490 e. The molecule has 0 spiro atoms. The number of hydrogen-bond donors (Lipinski definition) is 3. The van der Waals surface area contributed by atoms with E-state index < -0.39 is 0 Å². The van der Waals surface area contributed by atoms with Crippen molar-refractivity contribution in [3.8, 4) is 16.9 Å². The lowest BCUT2D eigenvalue weighted by atomic mass is 10.0. The minimum atomic E-state index is -0.0299. The molecule has 5 rings (SSSR count). The first kappa shape index (κ1) is 21.9. The van der Waals surface area contributed by atoms with Crippen molar-refractivity contribution in [2.24, 2.45) is 5.73 Å². The number of benzene rings is 3. The Balaban J connectivity index is 1.38. The first-order valence-electron chi connectivity index (χ1n) is 11.6. The van der Waals surface area contributed by atoms with Gasteiger partial charge in [-0.25, -0.2) is 0 Å². The van der Waals surface area contributed by atoms with Crippen LogP contribution in [0.5, 0.6) is 5.75 Å². The van der Waals surface area contributed by atoms with Gasteiger partial charge in [-0.05, 0) is 73.0 Å². The van der Waals surface area contributed by atoms with Crippen LogP contribution >= 0.6 is 0 Å². The number of nitrogen functional groups attached to an aromatic ring is 1. The van der Waals surface area contributed by atoms with Gasteiger partial charge in [0.05, 0.1) is 12.1 Å². The number of ether oxygens (including phenoxy) is 1. The fourth-order valence-corrected chi connectivity index (χ4v) is 4.48. The van der Waals surface area contributed by atoms with E-state index in [4.69, 9.17) is 15.9 Å². The van der Waals surface area contributed by atoms with Crippen LogP contribution < -0.4 is 21.3 Å². The highest BCUT2D eigenvalue weighted by Gasteiger charge is 2.15. The second-order valence-electron chi connectivity index (χ2n) is 8.74. The van der Waals surface area contributed by atoms with Gasteiger partial charge >= 0.3 is 0 Å². The topological polar surface area (TPSA) is 93.1 Å². The van der Waals surface area contributed by atoms with E-state index in [0.717, 1.165) is 59.3 Å². The van der Waals surface area contributed by atoms with Crippen molar-refractivity contribution in [1.29, 1.82) is 5.41 Å². The molecule has 4 aromatic rings. The van der Waals surface area contributed by atoms with Gasteiger partial charge in [0.15, 0.2) is 0 Å². The van der Waals surface area contributed by atoms with Gasteiger partial charge in [-0.2, -0.15) is 0 Å². The molecule has 4 N–H and O–H groups in total. The maximum absolute atomic E-state index is 12.7. The monoisotopic (exact) mass is 452 g/mol. The number of nitrogens with one attached hydrogen (secondary N) is 2. The van der Waals surface area contributed by atoms with Gasteiger partial charge in [-0.15, -0.1) is 0 Å². The molecule has 6 nitrogen and oxygen atoms in total. The van der Waals surface area contributed by atoms with Crippen molar-refractivity contribution in [3.63, 3.8) is 0 Å². The quantitative estimate of drug-likeness (QED) is 0.303. The predicted octanol–water partition coefficient (Wildman–Crippen LogP) is 4.13. The molecule has 1 aliphatic rings. The van der Waals surface area contributed by atoms with Gasteiger partial charge in [0, 0.05) is 17.0 Å². The van der Waals surface area contributed by atoms with Crippen LogP contribution in [-0.2, 0) is 6.54 Å². The van der Waals surface area contributed by atoms with Crippen LogP contribution in [0.4, 0.5) is 0 Å². The molecule has 3 aromatic carbocycles. The van der Waals surface area contributed by atoms with E-state index in [1.807, 2.05) is 72.8 Å². The Kier molecular flexibility index (Phi) is 6.14. The van der Waals surface area contributed by atoms with Crippen LogP contribution in [0.1, 0.15) is 24.0 Å². The van der Waals surface area contributed by atoms with Gasteiger partial charge in [0.25, 0.3) is 5.56 Å². The molecular formula is C28H28N4O2. The number of nitrogens with two attached hydrogens (primary N) is 1. The van der Waals surface area contributed by atoms with E-state index in [1.165, 1.54) is 0 Å². The van der Waals surface area contributed by atoms with Crippen molar-refractivity contribution in [2.75, 3.05) is 13.1 Å². The van der Waals surface area contributed by atoms with Crippen LogP contribution in [0.2, 0.25) is 0 Å². The number of hydrogen-bond acceptors (Lipinski definition) is 4. The Labute approximate surface area is 198 Å². The van der Waals surface area contributed by atoms with Gasteiger partial charge < -0.3 is 20.4 Å². The van der Waals surface area contributed by atoms with Gasteiger partial charge in [0.2, 0.25) is 0 Å². The average Bonchev–Trinajstić information content (AvgIpc) is 2.87. The van der Waals surface area contributed by atoms with Crippen LogP contribution in [0.25, 0.3) is 22.0 Å². The summed E-state index contributed by atoms with van der Waals surface area (Å²) in [5.74, 6) is 0.903. The summed E-state index contributed by atoms with van der Waals surface area (Å²) >= 11 is 0. The summed E-state index contributed by atoms with van der Waals surface area (Å²) in [5, 5.41) is 12.0. The summed E-state index contributed by atoms with van der Waals surface area (Å²) < 4.78 is 7.98. The molecule has 0 saturated carbocycles. The number of aromatic nitrogens is 1. The summed E-state index contributed by atoms with van der Waals surface area (Å²) in [6.07, 6.45) is 2.25. The van der Waals surface area contributed by atoms with Crippen LogP contribution in [-0.4, -0.2) is 29.6 Å². The molecule has 0 amide bonds. The summed E-state index contributed by atoms with van der Waals surface area (Å²) in [4.78, 5) is 12.7. The molecule has 0 atom stereocenters. The Morgan fingerprint density at radius 3 is 2.53 bits per heavy atom. The first-order chi connectivity index (χ1) is 16.6. The van der Waals surface area contributed by atoms with Crippen LogP contribution in [0.3, 0.4) is 0 Å². The fraction of sp³-hybridized carbons (Fsp3) is 0.214. The molecule has 1 saturated heterocycles. The Bertz CT molecular complexity index is 1390. The molecule has 0 unspecified atom stereocenters. The van der Waals surface area contributed by atoms with Crippen molar-refractivity contribution < 1.29 is 4.74 Å². The molecular weight excluding hydrogens is 424 g/mol. The zero-order valence-electron chi connectivity index (χ0n) is 19.0. The van der Waals surface area contributed by atoms with E-state index in [9.17, 15) is 4.79 Å². The van der Waals surface area contributed by atoms with Gasteiger partial charge in [0.1, 0.15) is 17.7 Å². The Morgan fingerprint density at radius 1 is 0.971 bits per heavy atom. The van der Waals surface area contributed by atoms with Crippen molar-refractivity contribution in [3.05, 3.63) is 100 Å². The maximum Gasteiger partial charge on any atom is 0.251 e. The molecule has 1 fully saturated rings. The molecule has 1 aromatic heterocycles. The van der Waals surface area contributed by atoms with Crippen molar-refractivity contribution >= 4 is 16.7 Å². The van der Waals surface area contributed by atoms with Crippen molar-refractivity contribution in [2.45, 2.75) is 25.5 Å². The average molecular weight is 453 g/mol. The zero-order chi connectivity index (χ0) is 23.5. The number of pyridine rings is 1. The fourth-order valence-electron chi connectivity index (χ4n) is 4.48. The second-order valence-corrected chi connectivity index (χ2v) is 8.74. The Morgan fingerprint density at radius 2 is 1.76 bits per heavy atom. The van der Waals surface area contributed by atoms with Crippen LogP contribution in [0.15, 0.2) is 83.7 Å². The normalized spacial score (nSPS) is 14.2. The summed E-state index contributed by atoms with van der Waals surface area (Å²) in [5.41, 5.74) is 10.3. The highest BCUT2D eigenvalue weighted by molar-refractivity contribution is 5.96. The molecule has 0 bridgehead atoms. The lowest BCUT2D eigenvalue weighted by Crippen LogP contribution is -2.34. The van der Waals surface area contributed by atoms with E-state index in [0.29, 0.717) is 12.1 Å². The number of fused-ring (bicyclic) bond motifs is 1. The molecule has 1 aliphatic heterocycles. The van der Waals surface area contributed by atoms with E-state index >= 15 is 0 Å². The SMILES string of the molecule is N=C(N)c1cccc(-c2ccc(Cn3c(=O)ccc4cc(OC5CCNCC5)ccc43)cc2)c1. The lowest BCUT2D eigenvalue weighted by Gasteiger charge is -2.24. The minimum absolute atomic E-state index is 0.0299. The lowest BCUT2D eigenvalue weighted by molar-refractivity contribution is 0.162. The summed E-state index contributed by atoms with van der Waals surface area (Å²) in [6, 6.07) is 25.3. The first-order valence-corrected chi connectivity index (χ1v) is 11.6. The standard InChI is InChI=1S/C28H28N4O2/c29-28(30)23-3-1-2-21(16-23)20-6-4-19(5-7-20)18-32-26-10-9-25(17-22(26)8-11-27(32)33)34-24-12-14-31-15-13-24/h1-11,16-17,24,31H,12-15,18H2,(H3,29,30). The number of piperidine rings is 1. The minimum Gasteiger partial charge on any atom is -0.490 e. The molecule has 172 valence electrons. The van der Waals surface area contributed by atoms with Gasteiger partial charge in [-0.3, -0.25) is 10.2 Å². The summed E-state index contributed by atoms with van der Waals surface area (Å²) in [6.45, 7) is 2.45.